The van der Waals surface area contributed by atoms with Gasteiger partial charge in [0.25, 0.3) is 5.91 Å². The van der Waals surface area contributed by atoms with Crippen LogP contribution in [0.4, 0.5) is 0 Å². The van der Waals surface area contributed by atoms with Crippen LogP contribution in [-0.2, 0) is 20.8 Å². The van der Waals surface area contributed by atoms with Crippen LogP contribution in [0.2, 0.25) is 0 Å². The van der Waals surface area contributed by atoms with Gasteiger partial charge in [0.05, 0.1) is 11.3 Å². The Balaban J connectivity index is 1.26. The van der Waals surface area contributed by atoms with Gasteiger partial charge in [0.15, 0.2) is 0 Å². The van der Waals surface area contributed by atoms with E-state index in [0.717, 1.165) is 26.8 Å². The summed E-state index contributed by atoms with van der Waals surface area (Å²) in [6, 6.07) is 22.1. The van der Waals surface area contributed by atoms with E-state index in [0.29, 0.717) is 16.2 Å². The highest BCUT2D eigenvalue weighted by molar-refractivity contribution is 8.06. The lowest BCUT2D eigenvalue weighted by molar-refractivity contribution is -0.150. The van der Waals surface area contributed by atoms with Gasteiger partial charge < -0.3 is 14.8 Å². The first kappa shape index (κ1) is 22.8. The smallest absolute Gasteiger partial charge is 0.353 e. The first-order chi connectivity index (χ1) is 17.5. The fourth-order valence-corrected chi connectivity index (χ4v) is 7.18. The standard InChI is InChI=1S/C27H20N2O5S2/c30-21(13-15-7-2-1-3-8-15)28-22-25(31)29-23(27(32)33)20(14-35-26(22)29)36-19-12-6-10-17-16-9-4-5-11-18(16)34-24(17)19/h1-12,22,26H,13-14H2,(H,28,30)(H,32,33)/t22-,26+/m1/s1. The van der Waals surface area contributed by atoms with Crippen LogP contribution in [0.5, 0.6) is 0 Å². The van der Waals surface area contributed by atoms with Gasteiger partial charge in [-0.1, -0.05) is 72.4 Å². The molecule has 0 bridgehead atoms. The SMILES string of the molecule is O=C(Cc1ccccc1)N[C@@H]1C(=O)N2C(C(=O)O)=C(Sc3cccc4c3oc3ccccc34)CS[C@@H]12. The summed E-state index contributed by atoms with van der Waals surface area (Å²) in [4.78, 5) is 40.5. The number of β-lactam (4-membered cyclic amide) rings is 1. The minimum Gasteiger partial charge on any atom is -0.477 e. The Bertz CT molecular complexity index is 1560. The zero-order valence-corrected chi connectivity index (χ0v) is 20.5. The molecule has 3 aromatic carbocycles. The quantitative estimate of drug-likeness (QED) is 0.361. The number of hydrogen-bond donors (Lipinski definition) is 2. The molecule has 2 N–H and O–H groups in total. The summed E-state index contributed by atoms with van der Waals surface area (Å²) in [6.07, 6.45) is 0.159. The van der Waals surface area contributed by atoms with Crippen molar-refractivity contribution in [2.24, 2.45) is 0 Å². The van der Waals surface area contributed by atoms with Crippen LogP contribution in [0, 0.1) is 0 Å². The van der Waals surface area contributed by atoms with Crippen LogP contribution in [0.25, 0.3) is 21.9 Å². The van der Waals surface area contributed by atoms with E-state index in [1.165, 1.54) is 28.4 Å². The molecule has 180 valence electrons. The highest BCUT2D eigenvalue weighted by atomic mass is 32.2. The van der Waals surface area contributed by atoms with Gasteiger partial charge >= 0.3 is 5.97 Å². The number of thioether (sulfide) groups is 2. The summed E-state index contributed by atoms with van der Waals surface area (Å²) in [7, 11) is 0. The van der Waals surface area contributed by atoms with Crippen LogP contribution < -0.4 is 5.32 Å². The number of amides is 2. The molecule has 0 aliphatic carbocycles. The average molecular weight is 517 g/mol. The van der Waals surface area contributed by atoms with Gasteiger partial charge in [-0.2, -0.15) is 0 Å². The Morgan fingerprint density at radius 1 is 1.03 bits per heavy atom. The third kappa shape index (κ3) is 3.84. The molecule has 2 aliphatic heterocycles. The van der Waals surface area contributed by atoms with Crippen molar-refractivity contribution >= 4 is 63.2 Å². The maximum Gasteiger partial charge on any atom is 0.353 e. The molecule has 3 heterocycles. The molecule has 0 unspecified atom stereocenters. The first-order valence-electron chi connectivity index (χ1n) is 11.3. The number of nitrogens with zero attached hydrogens (tertiary/aromatic N) is 1. The second-order valence-electron chi connectivity index (χ2n) is 8.53. The summed E-state index contributed by atoms with van der Waals surface area (Å²) in [5.41, 5.74) is 2.27. The number of carbonyl (C=O) groups is 3. The molecule has 1 saturated heterocycles. The number of carbonyl (C=O) groups excluding carboxylic acids is 2. The van der Waals surface area contributed by atoms with Gasteiger partial charge in [-0.25, -0.2) is 4.79 Å². The molecule has 9 heteroatoms. The van der Waals surface area contributed by atoms with Crippen molar-refractivity contribution in [2.45, 2.75) is 22.7 Å². The van der Waals surface area contributed by atoms with Crippen molar-refractivity contribution in [3.63, 3.8) is 0 Å². The predicted molar refractivity (Wildman–Crippen MR) is 139 cm³/mol. The third-order valence-corrected chi connectivity index (χ3v) is 8.85. The number of para-hydroxylation sites is 2. The Morgan fingerprint density at radius 3 is 2.58 bits per heavy atom. The van der Waals surface area contributed by atoms with Crippen LogP contribution >= 0.6 is 23.5 Å². The lowest BCUT2D eigenvalue weighted by Gasteiger charge is -2.49. The topological polar surface area (TPSA) is 99.9 Å². The molecule has 2 amide bonds. The lowest BCUT2D eigenvalue weighted by Crippen LogP contribution is -2.70. The van der Waals surface area contributed by atoms with E-state index in [1.807, 2.05) is 72.8 Å². The number of fused-ring (bicyclic) bond motifs is 4. The first-order valence-corrected chi connectivity index (χ1v) is 13.2. The summed E-state index contributed by atoms with van der Waals surface area (Å²) in [5, 5.41) is 14.3. The monoisotopic (exact) mass is 516 g/mol. The normalized spacial score (nSPS) is 19.3. The molecule has 0 spiro atoms. The number of furan rings is 1. The lowest BCUT2D eigenvalue weighted by atomic mass is 10.0. The number of nitrogens with one attached hydrogen (secondary N) is 1. The van der Waals surface area contributed by atoms with Crippen molar-refractivity contribution in [2.75, 3.05) is 5.75 Å². The fourth-order valence-electron chi connectivity index (χ4n) is 4.61. The fraction of sp³-hybridized carbons (Fsp3) is 0.148. The van der Waals surface area contributed by atoms with E-state index < -0.39 is 23.3 Å². The Hall–Kier alpha value is -3.69. The van der Waals surface area contributed by atoms with Gasteiger partial charge in [-0.3, -0.25) is 14.5 Å². The predicted octanol–water partition coefficient (Wildman–Crippen LogP) is 4.62. The number of carboxylic acid groups (broad SMARTS) is 1. The highest BCUT2D eigenvalue weighted by Gasteiger charge is 2.54. The molecule has 0 saturated carbocycles. The number of aliphatic carboxylic acids is 1. The maximum atomic E-state index is 13.0. The van der Waals surface area contributed by atoms with Crippen LogP contribution in [0.3, 0.4) is 0 Å². The number of benzene rings is 3. The minimum atomic E-state index is -1.16. The molecule has 2 atom stereocenters. The van der Waals surface area contributed by atoms with E-state index in [1.54, 1.807) is 0 Å². The molecule has 1 fully saturated rings. The molecule has 7 nitrogen and oxygen atoms in total. The molecule has 0 radical (unpaired) electrons. The Kier molecular flexibility index (Phi) is 5.73. The molecule has 2 aliphatic rings. The Labute approximate surface area is 214 Å². The molecule has 4 aromatic rings. The average Bonchev–Trinajstić information content (AvgIpc) is 3.27. The van der Waals surface area contributed by atoms with Crippen molar-refractivity contribution in [1.82, 2.24) is 10.2 Å². The highest BCUT2D eigenvalue weighted by Crippen LogP contribution is 2.47. The second-order valence-corrected chi connectivity index (χ2v) is 10.8. The number of hydrogen-bond acceptors (Lipinski definition) is 6. The van der Waals surface area contributed by atoms with Crippen molar-refractivity contribution in [1.29, 1.82) is 0 Å². The summed E-state index contributed by atoms with van der Waals surface area (Å²) in [5.74, 6) is -1.44. The number of rotatable bonds is 6. The van der Waals surface area contributed by atoms with Crippen molar-refractivity contribution in [3.05, 3.63) is 89.0 Å². The molecule has 1 aromatic heterocycles. The largest absolute Gasteiger partial charge is 0.477 e. The molecular weight excluding hydrogens is 496 g/mol. The third-order valence-electron chi connectivity index (χ3n) is 6.26. The van der Waals surface area contributed by atoms with Crippen LogP contribution in [0.1, 0.15) is 5.56 Å². The van der Waals surface area contributed by atoms with Crippen LogP contribution in [-0.4, -0.2) is 45.0 Å². The van der Waals surface area contributed by atoms with Gasteiger partial charge in [0.1, 0.15) is 28.3 Å². The van der Waals surface area contributed by atoms with Gasteiger partial charge in [-0.15, -0.1) is 11.8 Å². The van der Waals surface area contributed by atoms with E-state index in [2.05, 4.69) is 5.32 Å². The number of carboxylic acids is 1. The van der Waals surface area contributed by atoms with Crippen molar-refractivity contribution < 1.29 is 23.9 Å². The van der Waals surface area contributed by atoms with E-state index >= 15 is 0 Å². The van der Waals surface area contributed by atoms with E-state index in [-0.39, 0.29) is 18.0 Å². The maximum absolute atomic E-state index is 13.0. The summed E-state index contributed by atoms with van der Waals surface area (Å²) < 4.78 is 6.09. The second kappa shape index (κ2) is 9.07. The minimum absolute atomic E-state index is 0.0320. The molecule has 6 rings (SSSR count). The van der Waals surface area contributed by atoms with Crippen LogP contribution in [0.15, 0.2) is 92.7 Å². The van der Waals surface area contributed by atoms with E-state index in [4.69, 9.17) is 4.42 Å². The Morgan fingerprint density at radius 2 is 1.78 bits per heavy atom. The molecular formula is C27H20N2O5S2. The van der Waals surface area contributed by atoms with Gasteiger partial charge in [-0.05, 0) is 17.7 Å². The van der Waals surface area contributed by atoms with E-state index in [9.17, 15) is 19.5 Å². The summed E-state index contributed by atoms with van der Waals surface area (Å²) in [6.45, 7) is 0. The van der Waals surface area contributed by atoms with Gasteiger partial charge in [0, 0.05) is 21.4 Å². The van der Waals surface area contributed by atoms with Crippen molar-refractivity contribution in [3.8, 4) is 0 Å². The van der Waals surface area contributed by atoms with Gasteiger partial charge in [0.2, 0.25) is 5.91 Å². The zero-order chi connectivity index (χ0) is 24.8. The zero-order valence-electron chi connectivity index (χ0n) is 18.8. The molecule has 36 heavy (non-hydrogen) atoms. The summed E-state index contributed by atoms with van der Waals surface area (Å²) >= 11 is 2.76.